The Bertz CT molecular complexity index is 555. The number of halogens is 3. The molecule has 0 heterocycles. The van der Waals surface area contributed by atoms with E-state index in [9.17, 15) is 0 Å². The van der Waals surface area contributed by atoms with Gasteiger partial charge in [-0.25, -0.2) is 0 Å². The van der Waals surface area contributed by atoms with Crippen molar-refractivity contribution >= 4 is 44.8 Å². The van der Waals surface area contributed by atoms with Crippen molar-refractivity contribution in [2.24, 2.45) is 0 Å². The van der Waals surface area contributed by atoms with Crippen molar-refractivity contribution in [1.82, 2.24) is 0 Å². The zero-order valence-electron chi connectivity index (χ0n) is 10.5. The Kier molecular flexibility index (Phi) is 5.14. The lowest BCUT2D eigenvalue weighted by Crippen LogP contribution is -2.18. The van der Waals surface area contributed by atoms with Crippen molar-refractivity contribution < 1.29 is 0 Å². The minimum atomic E-state index is 0.318. The van der Waals surface area contributed by atoms with Gasteiger partial charge < -0.3 is 5.32 Å². The Balaban J connectivity index is 2.01. The molecular formula is C15H14BrCl2N. The molecule has 2 rings (SSSR count). The third-order valence-corrected chi connectivity index (χ3v) is 3.93. The molecule has 0 aromatic heterocycles. The molecule has 0 bridgehead atoms. The Labute approximate surface area is 132 Å². The first kappa shape index (κ1) is 14.7. The van der Waals surface area contributed by atoms with Gasteiger partial charge in [0.15, 0.2) is 0 Å². The van der Waals surface area contributed by atoms with E-state index in [2.05, 4.69) is 40.3 Å². The van der Waals surface area contributed by atoms with Crippen LogP contribution in [0.25, 0.3) is 0 Å². The first-order chi connectivity index (χ1) is 9.04. The Hall–Kier alpha value is -0.700. The molecule has 0 amide bonds. The highest BCUT2D eigenvalue weighted by atomic mass is 79.9. The molecule has 0 aliphatic heterocycles. The molecule has 1 N–H and O–H groups in total. The summed E-state index contributed by atoms with van der Waals surface area (Å²) in [5, 5.41) is 4.96. The van der Waals surface area contributed by atoms with E-state index in [0.29, 0.717) is 6.04 Å². The zero-order chi connectivity index (χ0) is 13.8. The van der Waals surface area contributed by atoms with E-state index in [1.165, 1.54) is 5.56 Å². The van der Waals surface area contributed by atoms with Gasteiger partial charge in [0.1, 0.15) is 0 Å². The van der Waals surface area contributed by atoms with Crippen molar-refractivity contribution in [2.75, 3.05) is 5.32 Å². The smallest absolute Gasteiger partial charge is 0.0487 e. The van der Waals surface area contributed by atoms with Gasteiger partial charge in [-0.05, 0) is 65.2 Å². The van der Waals surface area contributed by atoms with Crippen molar-refractivity contribution in [1.29, 1.82) is 0 Å². The van der Waals surface area contributed by atoms with Crippen LogP contribution in [-0.4, -0.2) is 6.04 Å². The van der Waals surface area contributed by atoms with Crippen LogP contribution in [0.1, 0.15) is 12.5 Å². The minimum Gasteiger partial charge on any atom is -0.381 e. The monoisotopic (exact) mass is 357 g/mol. The quantitative estimate of drug-likeness (QED) is 0.728. The highest BCUT2D eigenvalue weighted by Gasteiger charge is 2.06. The van der Waals surface area contributed by atoms with Crippen LogP contribution in [0.5, 0.6) is 0 Å². The van der Waals surface area contributed by atoms with Crippen LogP contribution in [0.2, 0.25) is 10.0 Å². The van der Waals surface area contributed by atoms with Gasteiger partial charge in [-0.15, -0.1) is 0 Å². The minimum absolute atomic E-state index is 0.318. The molecule has 0 fully saturated rings. The second-order valence-corrected chi connectivity index (χ2v) is 6.23. The molecule has 2 aromatic rings. The van der Waals surface area contributed by atoms with Crippen LogP contribution in [-0.2, 0) is 6.42 Å². The fourth-order valence-corrected chi connectivity index (χ4v) is 2.82. The summed E-state index contributed by atoms with van der Waals surface area (Å²) in [4.78, 5) is 0. The second-order valence-electron chi connectivity index (χ2n) is 4.50. The number of rotatable bonds is 4. The third kappa shape index (κ3) is 4.41. The molecule has 1 nitrogen and oxygen atoms in total. The maximum absolute atomic E-state index is 5.93. The molecule has 0 spiro atoms. The summed E-state index contributed by atoms with van der Waals surface area (Å²) in [7, 11) is 0. The number of nitrogens with one attached hydrogen (secondary N) is 1. The molecule has 1 atom stereocenters. The maximum atomic E-state index is 5.93. The van der Waals surface area contributed by atoms with Crippen LogP contribution in [0.3, 0.4) is 0 Å². The Morgan fingerprint density at radius 3 is 2.32 bits per heavy atom. The molecular weight excluding hydrogens is 345 g/mol. The zero-order valence-corrected chi connectivity index (χ0v) is 13.6. The molecule has 1 unspecified atom stereocenters. The third-order valence-electron chi connectivity index (χ3n) is 2.79. The van der Waals surface area contributed by atoms with E-state index in [1.807, 2.05) is 30.3 Å². The first-order valence-electron chi connectivity index (χ1n) is 6.00. The van der Waals surface area contributed by atoms with Crippen LogP contribution in [0, 0.1) is 0 Å². The molecule has 19 heavy (non-hydrogen) atoms. The number of benzene rings is 2. The van der Waals surface area contributed by atoms with E-state index in [4.69, 9.17) is 23.2 Å². The highest BCUT2D eigenvalue weighted by Crippen LogP contribution is 2.26. The summed E-state index contributed by atoms with van der Waals surface area (Å²) in [6, 6.07) is 14.0. The normalized spacial score (nSPS) is 12.2. The first-order valence-corrected chi connectivity index (χ1v) is 7.55. The second kappa shape index (κ2) is 6.65. The van der Waals surface area contributed by atoms with Gasteiger partial charge in [-0.1, -0.05) is 35.3 Å². The van der Waals surface area contributed by atoms with E-state index in [1.54, 1.807) is 0 Å². The standard InChI is InChI=1S/C15H14BrCl2N/c1-10(8-11-2-4-12(17)5-3-11)19-15-7-6-13(18)9-14(15)16/h2-7,9-10,19H,8H2,1H3. The van der Waals surface area contributed by atoms with Crippen molar-refractivity contribution in [3.63, 3.8) is 0 Å². The van der Waals surface area contributed by atoms with Gasteiger partial charge in [0, 0.05) is 26.2 Å². The number of hydrogen-bond acceptors (Lipinski definition) is 1. The summed E-state index contributed by atoms with van der Waals surface area (Å²) in [5.74, 6) is 0. The van der Waals surface area contributed by atoms with Crippen molar-refractivity contribution in [3.8, 4) is 0 Å². The Morgan fingerprint density at radius 1 is 1.05 bits per heavy atom. The Morgan fingerprint density at radius 2 is 1.68 bits per heavy atom. The fraction of sp³-hybridized carbons (Fsp3) is 0.200. The predicted octanol–water partition coefficient (Wildman–Crippen LogP) is 5.80. The predicted molar refractivity (Wildman–Crippen MR) is 87.4 cm³/mol. The topological polar surface area (TPSA) is 12.0 Å². The van der Waals surface area contributed by atoms with E-state index in [0.717, 1.165) is 26.6 Å². The summed E-state index contributed by atoms with van der Waals surface area (Å²) < 4.78 is 0.975. The van der Waals surface area contributed by atoms with Crippen LogP contribution >= 0.6 is 39.1 Å². The summed E-state index contributed by atoms with van der Waals surface area (Å²) in [6.07, 6.45) is 0.937. The van der Waals surface area contributed by atoms with Crippen molar-refractivity contribution in [2.45, 2.75) is 19.4 Å². The molecule has 100 valence electrons. The number of anilines is 1. The lowest BCUT2D eigenvalue weighted by Gasteiger charge is -2.16. The van der Waals surface area contributed by atoms with Crippen molar-refractivity contribution in [3.05, 3.63) is 62.5 Å². The molecule has 0 saturated heterocycles. The van der Waals surface area contributed by atoms with Crippen LogP contribution in [0.4, 0.5) is 5.69 Å². The molecule has 4 heteroatoms. The van der Waals surface area contributed by atoms with E-state index in [-0.39, 0.29) is 0 Å². The molecule has 2 aromatic carbocycles. The molecule has 0 saturated carbocycles. The van der Waals surface area contributed by atoms with Gasteiger partial charge in [0.05, 0.1) is 0 Å². The van der Waals surface area contributed by atoms with E-state index >= 15 is 0 Å². The van der Waals surface area contributed by atoms with Crippen LogP contribution < -0.4 is 5.32 Å². The fourth-order valence-electron chi connectivity index (χ4n) is 1.90. The molecule has 0 radical (unpaired) electrons. The van der Waals surface area contributed by atoms with Gasteiger partial charge in [0.25, 0.3) is 0 Å². The SMILES string of the molecule is CC(Cc1ccc(Cl)cc1)Nc1ccc(Cl)cc1Br. The van der Waals surface area contributed by atoms with Gasteiger partial charge in [-0.2, -0.15) is 0 Å². The van der Waals surface area contributed by atoms with Crippen LogP contribution in [0.15, 0.2) is 46.9 Å². The summed E-state index contributed by atoms with van der Waals surface area (Å²) in [5.41, 5.74) is 2.31. The highest BCUT2D eigenvalue weighted by molar-refractivity contribution is 9.10. The summed E-state index contributed by atoms with van der Waals surface area (Å²) in [6.45, 7) is 2.15. The number of hydrogen-bond donors (Lipinski definition) is 1. The van der Waals surface area contributed by atoms with Gasteiger partial charge in [-0.3, -0.25) is 0 Å². The molecule has 0 aliphatic carbocycles. The molecule has 0 aliphatic rings. The lowest BCUT2D eigenvalue weighted by atomic mass is 10.1. The lowest BCUT2D eigenvalue weighted by molar-refractivity contribution is 0.789. The largest absolute Gasteiger partial charge is 0.381 e. The van der Waals surface area contributed by atoms with Gasteiger partial charge in [0.2, 0.25) is 0 Å². The maximum Gasteiger partial charge on any atom is 0.0487 e. The average Bonchev–Trinajstić information content (AvgIpc) is 2.36. The average molecular weight is 359 g/mol. The summed E-state index contributed by atoms with van der Waals surface area (Å²) >= 11 is 15.3. The van der Waals surface area contributed by atoms with E-state index < -0.39 is 0 Å². The van der Waals surface area contributed by atoms with Gasteiger partial charge >= 0.3 is 0 Å².